The average Bonchev–Trinajstić information content (AvgIpc) is 3.45. The van der Waals surface area contributed by atoms with Gasteiger partial charge in [-0.05, 0) is 48.4 Å². The molecule has 174 valence electrons. The minimum atomic E-state index is -0.0335. The molecule has 0 bridgehead atoms. The number of nitrogens with zero attached hydrogens (tertiary/aromatic N) is 2. The van der Waals surface area contributed by atoms with Crippen LogP contribution in [0.15, 0.2) is 54.7 Å². The fourth-order valence-electron chi connectivity index (χ4n) is 4.12. The smallest absolute Gasteiger partial charge is 0.270 e. The van der Waals surface area contributed by atoms with Crippen molar-refractivity contribution >= 4 is 45.8 Å². The Hall–Kier alpha value is -3.26. The second-order valence-electron chi connectivity index (χ2n) is 8.38. The molecule has 7 nitrogen and oxygen atoms in total. The number of fused-ring (bicyclic) bond motifs is 1. The topological polar surface area (TPSA) is 110 Å². The first-order valence-corrected chi connectivity index (χ1v) is 11.6. The number of likely N-dealkylation sites (tertiary alicyclic amines) is 1. The molecule has 1 aliphatic heterocycles. The van der Waals surface area contributed by atoms with Crippen LogP contribution in [-0.4, -0.2) is 39.9 Å². The number of nitrogens with two attached hydrogens (primary N) is 2. The number of aromatic amines is 1. The summed E-state index contributed by atoms with van der Waals surface area (Å²) in [5.74, 6) is 0.670. The quantitative estimate of drug-likeness (QED) is 0.365. The first kappa shape index (κ1) is 22.5. The van der Waals surface area contributed by atoms with Crippen molar-refractivity contribution in [2.75, 3.05) is 18.8 Å². The van der Waals surface area contributed by atoms with Gasteiger partial charge in [-0.3, -0.25) is 4.79 Å². The predicted octanol–water partition coefficient (Wildman–Crippen LogP) is 4.87. The number of nitrogen functional groups attached to an aromatic ring is 1. The first-order valence-electron chi connectivity index (χ1n) is 10.9. The van der Waals surface area contributed by atoms with Crippen molar-refractivity contribution in [2.45, 2.75) is 19.1 Å². The number of hydrogen-bond donors (Lipinski definition) is 3. The average molecular weight is 496 g/mol. The molecule has 34 heavy (non-hydrogen) atoms. The number of H-pyrrole nitrogens is 1. The molecule has 9 heteroatoms. The predicted molar refractivity (Wildman–Crippen MR) is 135 cm³/mol. The second kappa shape index (κ2) is 9.18. The van der Waals surface area contributed by atoms with E-state index in [-0.39, 0.29) is 24.4 Å². The minimum absolute atomic E-state index is 0.0335. The molecular weight excluding hydrogens is 473 g/mol. The zero-order valence-corrected chi connectivity index (χ0v) is 19.7. The molecule has 1 fully saturated rings. The first-order chi connectivity index (χ1) is 16.4. The minimum Gasteiger partial charge on any atom is -0.485 e. The van der Waals surface area contributed by atoms with Crippen molar-refractivity contribution in [2.24, 2.45) is 5.73 Å². The highest BCUT2D eigenvalue weighted by molar-refractivity contribution is 6.35. The van der Waals surface area contributed by atoms with Gasteiger partial charge < -0.3 is 26.1 Å². The van der Waals surface area contributed by atoms with Gasteiger partial charge in [0.1, 0.15) is 12.3 Å². The molecule has 2 aromatic carbocycles. The number of anilines is 1. The summed E-state index contributed by atoms with van der Waals surface area (Å²) in [5.41, 5.74) is 15.9. The number of aromatic nitrogens is 2. The van der Waals surface area contributed by atoms with Crippen LogP contribution in [0, 0.1) is 0 Å². The van der Waals surface area contributed by atoms with Gasteiger partial charge in [-0.25, -0.2) is 4.98 Å². The monoisotopic (exact) mass is 495 g/mol. The summed E-state index contributed by atoms with van der Waals surface area (Å²) in [7, 11) is 0. The van der Waals surface area contributed by atoms with Gasteiger partial charge in [0, 0.05) is 57.4 Å². The Kier molecular flexibility index (Phi) is 6.08. The van der Waals surface area contributed by atoms with Crippen LogP contribution in [0.3, 0.4) is 0 Å². The van der Waals surface area contributed by atoms with E-state index in [9.17, 15) is 4.79 Å². The van der Waals surface area contributed by atoms with Crippen LogP contribution < -0.4 is 16.2 Å². The highest BCUT2D eigenvalue weighted by Crippen LogP contribution is 2.32. The second-order valence-corrected chi connectivity index (χ2v) is 9.20. The molecule has 1 saturated heterocycles. The molecule has 1 amide bonds. The van der Waals surface area contributed by atoms with Gasteiger partial charge in [-0.2, -0.15) is 0 Å². The summed E-state index contributed by atoms with van der Waals surface area (Å²) >= 11 is 12.5. The molecule has 0 radical (unpaired) electrons. The Morgan fingerprint density at radius 3 is 2.68 bits per heavy atom. The Balaban J connectivity index is 1.39. The van der Waals surface area contributed by atoms with E-state index in [4.69, 9.17) is 39.4 Å². The van der Waals surface area contributed by atoms with Crippen molar-refractivity contribution < 1.29 is 9.53 Å². The van der Waals surface area contributed by atoms with Gasteiger partial charge in [0.2, 0.25) is 0 Å². The lowest BCUT2D eigenvalue weighted by molar-refractivity contribution is 0.0786. The fraction of sp³-hybridized carbons (Fsp3) is 0.200. The van der Waals surface area contributed by atoms with E-state index in [2.05, 4.69) is 9.97 Å². The number of hydrogen-bond acceptors (Lipinski definition) is 5. The summed E-state index contributed by atoms with van der Waals surface area (Å²) < 4.78 is 5.91. The van der Waals surface area contributed by atoms with Crippen molar-refractivity contribution in [3.8, 4) is 16.9 Å². The SMILES string of the molecule is Nc1ncc(-c2ccc3[nH]c(C(=O)N4CCC(N)C4)cc3c2)cc1OCc1c(Cl)cccc1Cl. The normalized spacial score (nSPS) is 15.7. The summed E-state index contributed by atoms with van der Waals surface area (Å²) in [6.45, 7) is 1.43. The van der Waals surface area contributed by atoms with Crippen LogP contribution >= 0.6 is 23.2 Å². The number of benzene rings is 2. The molecule has 2 aromatic heterocycles. The summed E-state index contributed by atoms with van der Waals surface area (Å²) in [4.78, 5) is 22.1. The van der Waals surface area contributed by atoms with Crippen LogP contribution in [0.25, 0.3) is 22.0 Å². The molecule has 4 aromatic rings. The van der Waals surface area contributed by atoms with Crippen LogP contribution in [-0.2, 0) is 6.61 Å². The molecule has 0 saturated carbocycles. The third kappa shape index (κ3) is 4.42. The lowest BCUT2D eigenvalue weighted by atomic mass is 10.1. The van der Waals surface area contributed by atoms with Crippen molar-refractivity contribution in [3.63, 3.8) is 0 Å². The van der Waals surface area contributed by atoms with E-state index in [1.165, 1.54) is 0 Å². The zero-order valence-electron chi connectivity index (χ0n) is 18.2. The van der Waals surface area contributed by atoms with Crippen molar-refractivity contribution in [3.05, 3.63) is 76.0 Å². The number of ether oxygens (including phenoxy) is 1. The molecule has 5 rings (SSSR count). The molecule has 1 aliphatic rings. The van der Waals surface area contributed by atoms with Gasteiger partial charge in [0.15, 0.2) is 11.6 Å². The van der Waals surface area contributed by atoms with Crippen LogP contribution in [0.4, 0.5) is 5.82 Å². The molecule has 5 N–H and O–H groups in total. The van der Waals surface area contributed by atoms with E-state index in [1.807, 2.05) is 30.3 Å². The van der Waals surface area contributed by atoms with Gasteiger partial charge in [-0.1, -0.05) is 35.3 Å². The highest BCUT2D eigenvalue weighted by Gasteiger charge is 2.25. The molecule has 0 spiro atoms. The number of carbonyl (C=O) groups is 1. The van der Waals surface area contributed by atoms with E-state index < -0.39 is 0 Å². The van der Waals surface area contributed by atoms with Gasteiger partial charge in [0.05, 0.1) is 0 Å². The van der Waals surface area contributed by atoms with E-state index in [0.717, 1.165) is 28.5 Å². The molecule has 3 heterocycles. The van der Waals surface area contributed by atoms with Crippen molar-refractivity contribution in [1.82, 2.24) is 14.9 Å². The summed E-state index contributed by atoms with van der Waals surface area (Å²) in [6, 6.07) is 14.9. The molecular formula is C25H23Cl2N5O2. The Morgan fingerprint density at radius 2 is 1.94 bits per heavy atom. The molecule has 1 unspecified atom stereocenters. The van der Waals surface area contributed by atoms with E-state index in [1.54, 1.807) is 29.3 Å². The van der Waals surface area contributed by atoms with E-state index >= 15 is 0 Å². The maximum Gasteiger partial charge on any atom is 0.270 e. The van der Waals surface area contributed by atoms with Crippen LogP contribution in [0.5, 0.6) is 5.75 Å². The number of rotatable bonds is 5. The third-order valence-corrected chi connectivity index (χ3v) is 6.72. The standard InChI is InChI=1S/C25H23Cl2N5O2/c26-19-2-1-3-20(27)18(19)13-34-23-10-16(11-30-24(23)29)14-4-5-21-15(8-14)9-22(31-21)25(33)32-7-6-17(28)12-32/h1-5,8-11,17,31H,6-7,12-13,28H2,(H2,29,30). The Morgan fingerprint density at radius 1 is 1.15 bits per heavy atom. The Labute approximate surface area is 206 Å². The van der Waals surface area contributed by atoms with Gasteiger partial charge in [0.25, 0.3) is 5.91 Å². The lowest BCUT2D eigenvalue weighted by Gasteiger charge is -2.14. The number of nitrogens with one attached hydrogen (secondary N) is 1. The van der Waals surface area contributed by atoms with Gasteiger partial charge in [-0.15, -0.1) is 0 Å². The largest absolute Gasteiger partial charge is 0.485 e. The zero-order chi connectivity index (χ0) is 23.8. The molecule has 1 atom stereocenters. The maximum atomic E-state index is 12.8. The highest BCUT2D eigenvalue weighted by atomic mass is 35.5. The number of pyridine rings is 1. The summed E-state index contributed by atoms with van der Waals surface area (Å²) in [6.07, 6.45) is 2.52. The van der Waals surface area contributed by atoms with E-state index in [0.29, 0.717) is 40.1 Å². The maximum absolute atomic E-state index is 12.8. The lowest BCUT2D eigenvalue weighted by Crippen LogP contribution is -2.32. The van der Waals surface area contributed by atoms with Crippen LogP contribution in [0.1, 0.15) is 22.5 Å². The third-order valence-electron chi connectivity index (χ3n) is 6.01. The number of halogens is 2. The number of amides is 1. The van der Waals surface area contributed by atoms with Crippen molar-refractivity contribution in [1.29, 1.82) is 0 Å². The number of carbonyl (C=O) groups excluding carboxylic acids is 1. The molecule has 0 aliphatic carbocycles. The fourth-order valence-corrected chi connectivity index (χ4v) is 4.62. The van der Waals surface area contributed by atoms with Gasteiger partial charge >= 0.3 is 0 Å². The summed E-state index contributed by atoms with van der Waals surface area (Å²) in [5, 5.41) is 1.97. The van der Waals surface area contributed by atoms with Crippen LogP contribution in [0.2, 0.25) is 10.0 Å². The Bertz CT molecular complexity index is 1370.